The number of nitrogens with zero attached hydrogens (tertiary/aromatic N) is 2. The molecule has 22 heavy (non-hydrogen) atoms. The monoisotopic (exact) mass is 314 g/mol. The highest BCUT2D eigenvalue weighted by Crippen LogP contribution is 2.18. The Morgan fingerprint density at radius 2 is 1.86 bits per heavy atom. The summed E-state index contributed by atoms with van der Waals surface area (Å²) in [6.07, 6.45) is 0.808. The van der Waals surface area contributed by atoms with Crippen LogP contribution in [0.1, 0.15) is 11.3 Å². The predicted molar refractivity (Wildman–Crippen MR) is 88.0 cm³/mol. The maximum atomic E-state index is 12.4. The van der Waals surface area contributed by atoms with E-state index in [1.165, 1.54) is 0 Å². The van der Waals surface area contributed by atoms with Gasteiger partial charge in [0.05, 0.1) is 6.42 Å². The van der Waals surface area contributed by atoms with E-state index in [2.05, 4.69) is 0 Å². The molecule has 0 N–H and O–H groups in total. The van der Waals surface area contributed by atoms with Crippen molar-refractivity contribution in [1.29, 1.82) is 0 Å². The number of amides is 2. The highest BCUT2D eigenvalue weighted by atomic mass is 32.1. The number of hydrogen-bond acceptors (Lipinski definition) is 3. The molecule has 114 valence electrons. The summed E-state index contributed by atoms with van der Waals surface area (Å²) < 4.78 is 0. The normalized spacial score (nSPS) is 15.7. The molecule has 0 unspecified atom stereocenters. The topological polar surface area (TPSA) is 40.6 Å². The van der Waals surface area contributed by atoms with Gasteiger partial charge in [0, 0.05) is 36.6 Å². The molecule has 5 heteroatoms. The van der Waals surface area contributed by atoms with E-state index in [1.807, 2.05) is 47.8 Å². The number of carbonyl (C=O) groups excluding carboxylic acids is 2. The lowest BCUT2D eigenvalue weighted by molar-refractivity contribution is -0.130. The van der Waals surface area contributed by atoms with E-state index in [1.54, 1.807) is 21.1 Å². The minimum absolute atomic E-state index is 0.0811. The summed E-state index contributed by atoms with van der Waals surface area (Å²) in [5.74, 6) is 0.183. The molecule has 0 saturated carbocycles. The van der Waals surface area contributed by atoms with E-state index in [0.29, 0.717) is 32.5 Å². The third kappa shape index (κ3) is 3.36. The fraction of sp³-hybridized carbons (Fsp3) is 0.294. The minimum atomic E-state index is 0.0811. The number of para-hydroxylation sites is 1. The highest BCUT2D eigenvalue weighted by Gasteiger charge is 2.24. The first-order valence-electron chi connectivity index (χ1n) is 7.39. The maximum absolute atomic E-state index is 12.4. The molecule has 2 amide bonds. The summed E-state index contributed by atoms with van der Waals surface area (Å²) in [6, 6.07) is 13.6. The average Bonchev–Trinajstić information content (AvgIpc) is 2.96. The van der Waals surface area contributed by atoms with Crippen molar-refractivity contribution in [3.8, 4) is 0 Å². The number of anilines is 1. The van der Waals surface area contributed by atoms with Gasteiger partial charge in [-0.3, -0.25) is 9.59 Å². The molecule has 2 heterocycles. The Bertz CT molecular complexity index is 640. The van der Waals surface area contributed by atoms with Gasteiger partial charge in [0.1, 0.15) is 0 Å². The SMILES string of the molecule is O=C(Cc1cccs1)N1CCC(=O)N(c2ccccc2)CC1. The van der Waals surface area contributed by atoms with Gasteiger partial charge < -0.3 is 9.80 Å². The van der Waals surface area contributed by atoms with Crippen LogP contribution in [0.25, 0.3) is 0 Å². The smallest absolute Gasteiger partial charge is 0.228 e. The Morgan fingerprint density at radius 3 is 2.59 bits per heavy atom. The molecule has 0 spiro atoms. The van der Waals surface area contributed by atoms with Crippen molar-refractivity contribution < 1.29 is 9.59 Å². The zero-order valence-electron chi connectivity index (χ0n) is 12.3. The first kappa shape index (κ1) is 14.8. The van der Waals surface area contributed by atoms with Crippen molar-refractivity contribution in [2.45, 2.75) is 12.8 Å². The van der Waals surface area contributed by atoms with Gasteiger partial charge in [0.2, 0.25) is 11.8 Å². The number of rotatable bonds is 3. The van der Waals surface area contributed by atoms with Crippen molar-refractivity contribution in [3.05, 3.63) is 52.7 Å². The van der Waals surface area contributed by atoms with Crippen LogP contribution in [-0.2, 0) is 16.0 Å². The Morgan fingerprint density at radius 1 is 1.05 bits per heavy atom. The number of hydrogen-bond donors (Lipinski definition) is 0. The van der Waals surface area contributed by atoms with Gasteiger partial charge in [-0.05, 0) is 23.6 Å². The fourth-order valence-corrected chi connectivity index (χ4v) is 3.32. The molecule has 1 aromatic heterocycles. The number of thiophene rings is 1. The summed E-state index contributed by atoms with van der Waals surface area (Å²) in [7, 11) is 0. The van der Waals surface area contributed by atoms with Gasteiger partial charge in [-0.1, -0.05) is 24.3 Å². The van der Waals surface area contributed by atoms with E-state index in [9.17, 15) is 9.59 Å². The summed E-state index contributed by atoms with van der Waals surface area (Å²) in [6.45, 7) is 1.65. The van der Waals surface area contributed by atoms with Crippen molar-refractivity contribution in [2.75, 3.05) is 24.5 Å². The molecule has 0 aliphatic carbocycles. The molecule has 0 atom stereocenters. The molecule has 1 fully saturated rings. The Kier molecular flexibility index (Phi) is 4.53. The molecular weight excluding hydrogens is 296 g/mol. The zero-order valence-corrected chi connectivity index (χ0v) is 13.1. The Hall–Kier alpha value is -2.14. The molecular formula is C17H18N2O2S. The lowest BCUT2D eigenvalue weighted by atomic mass is 10.2. The number of benzene rings is 1. The van der Waals surface area contributed by atoms with Gasteiger partial charge in [-0.2, -0.15) is 0 Å². The van der Waals surface area contributed by atoms with Crippen LogP contribution in [0.3, 0.4) is 0 Å². The van der Waals surface area contributed by atoms with Crippen LogP contribution in [0.15, 0.2) is 47.8 Å². The third-order valence-corrected chi connectivity index (χ3v) is 4.69. The third-order valence-electron chi connectivity index (χ3n) is 3.82. The molecule has 1 aromatic carbocycles. The van der Waals surface area contributed by atoms with Crippen LogP contribution in [-0.4, -0.2) is 36.3 Å². The molecule has 3 rings (SSSR count). The second-order valence-electron chi connectivity index (χ2n) is 5.27. The summed E-state index contributed by atoms with van der Waals surface area (Å²) >= 11 is 1.59. The molecule has 1 aliphatic heterocycles. The minimum Gasteiger partial charge on any atom is -0.340 e. The molecule has 1 saturated heterocycles. The zero-order chi connectivity index (χ0) is 15.4. The predicted octanol–water partition coefficient (Wildman–Crippen LogP) is 2.56. The van der Waals surface area contributed by atoms with Gasteiger partial charge in [-0.15, -0.1) is 11.3 Å². The standard InChI is InChI=1S/C17H18N2O2S/c20-16-8-9-18(17(21)13-15-7-4-12-22-15)10-11-19(16)14-5-2-1-3-6-14/h1-7,12H,8-11,13H2. The van der Waals surface area contributed by atoms with Crippen LogP contribution < -0.4 is 4.90 Å². The summed E-state index contributed by atoms with van der Waals surface area (Å²) in [5.41, 5.74) is 0.903. The van der Waals surface area contributed by atoms with E-state index in [4.69, 9.17) is 0 Å². The van der Waals surface area contributed by atoms with Crippen LogP contribution in [0.4, 0.5) is 5.69 Å². The highest BCUT2D eigenvalue weighted by molar-refractivity contribution is 7.10. The second-order valence-corrected chi connectivity index (χ2v) is 6.30. The second kappa shape index (κ2) is 6.75. The number of carbonyl (C=O) groups is 2. The van der Waals surface area contributed by atoms with Crippen LogP contribution in [0, 0.1) is 0 Å². The average molecular weight is 314 g/mol. The Labute approximate surface area is 134 Å². The molecule has 0 radical (unpaired) electrons. The van der Waals surface area contributed by atoms with Gasteiger partial charge in [0.15, 0.2) is 0 Å². The van der Waals surface area contributed by atoms with Crippen LogP contribution in [0.5, 0.6) is 0 Å². The van der Waals surface area contributed by atoms with Crippen molar-refractivity contribution in [3.63, 3.8) is 0 Å². The quantitative estimate of drug-likeness (QED) is 0.873. The lowest BCUT2D eigenvalue weighted by Crippen LogP contribution is -2.36. The van der Waals surface area contributed by atoms with Gasteiger partial charge in [0.25, 0.3) is 0 Å². The summed E-state index contributed by atoms with van der Waals surface area (Å²) in [4.78, 5) is 29.3. The van der Waals surface area contributed by atoms with Gasteiger partial charge >= 0.3 is 0 Å². The molecule has 1 aliphatic rings. The van der Waals surface area contributed by atoms with E-state index < -0.39 is 0 Å². The van der Waals surface area contributed by atoms with E-state index in [0.717, 1.165) is 10.6 Å². The fourth-order valence-electron chi connectivity index (χ4n) is 2.63. The van der Waals surface area contributed by atoms with Crippen LogP contribution >= 0.6 is 11.3 Å². The maximum Gasteiger partial charge on any atom is 0.228 e. The van der Waals surface area contributed by atoms with E-state index in [-0.39, 0.29) is 11.8 Å². The Balaban J connectivity index is 1.66. The van der Waals surface area contributed by atoms with Crippen molar-refractivity contribution >= 4 is 28.8 Å². The van der Waals surface area contributed by atoms with Gasteiger partial charge in [-0.25, -0.2) is 0 Å². The van der Waals surface area contributed by atoms with Crippen molar-refractivity contribution in [1.82, 2.24) is 4.90 Å². The molecule has 0 bridgehead atoms. The molecule has 4 nitrogen and oxygen atoms in total. The largest absolute Gasteiger partial charge is 0.340 e. The summed E-state index contributed by atoms with van der Waals surface area (Å²) in [5, 5.41) is 1.98. The molecule has 2 aromatic rings. The lowest BCUT2D eigenvalue weighted by Gasteiger charge is -2.22. The van der Waals surface area contributed by atoms with Crippen molar-refractivity contribution in [2.24, 2.45) is 0 Å². The first-order chi connectivity index (χ1) is 10.7. The van der Waals surface area contributed by atoms with E-state index >= 15 is 0 Å². The first-order valence-corrected chi connectivity index (χ1v) is 8.27. The van der Waals surface area contributed by atoms with Crippen LogP contribution in [0.2, 0.25) is 0 Å².